The maximum absolute atomic E-state index is 12.3. The fourth-order valence-electron chi connectivity index (χ4n) is 4.30. The average Bonchev–Trinajstić information content (AvgIpc) is 3.40. The minimum atomic E-state index is -0.541. The van der Waals surface area contributed by atoms with Gasteiger partial charge in [-0.2, -0.15) is 5.10 Å². The van der Waals surface area contributed by atoms with Gasteiger partial charge in [0.05, 0.1) is 11.3 Å². The number of aromatic amines is 2. The number of pyridine rings is 1. The molecule has 4 heterocycles. The predicted molar refractivity (Wildman–Crippen MR) is 112 cm³/mol. The highest BCUT2D eigenvalue weighted by Crippen LogP contribution is 2.56. The molecule has 0 aliphatic heterocycles. The topological polar surface area (TPSA) is 109 Å². The summed E-state index contributed by atoms with van der Waals surface area (Å²) < 4.78 is 1.69. The summed E-state index contributed by atoms with van der Waals surface area (Å²) in [4.78, 5) is 37.2. The van der Waals surface area contributed by atoms with Crippen molar-refractivity contribution >= 4 is 16.4 Å². The number of hydrogen-bond acceptors (Lipinski definition) is 5. The predicted octanol–water partition coefficient (Wildman–Crippen LogP) is 2.59. The molecular weight excluding hydrogens is 380 g/mol. The number of aromatic nitrogens is 6. The van der Waals surface area contributed by atoms with Gasteiger partial charge in [0.15, 0.2) is 5.65 Å². The van der Waals surface area contributed by atoms with E-state index in [4.69, 9.17) is 0 Å². The van der Waals surface area contributed by atoms with Crippen molar-refractivity contribution in [3.63, 3.8) is 0 Å². The second-order valence-corrected chi connectivity index (χ2v) is 7.56. The van der Waals surface area contributed by atoms with E-state index >= 15 is 0 Å². The molecule has 1 aromatic carbocycles. The first-order valence-electron chi connectivity index (χ1n) is 9.68. The van der Waals surface area contributed by atoms with Gasteiger partial charge in [-0.05, 0) is 41.3 Å². The summed E-state index contributed by atoms with van der Waals surface area (Å²) >= 11 is 0. The molecular formula is C22H16N6O2. The fourth-order valence-corrected chi connectivity index (χ4v) is 4.30. The molecule has 0 saturated heterocycles. The summed E-state index contributed by atoms with van der Waals surface area (Å²) in [6, 6.07) is 10.3. The molecule has 5 aromatic rings. The van der Waals surface area contributed by atoms with Crippen molar-refractivity contribution in [1.29, 1.82) is 0 Å². The van der Waals surface area contributed by atoms with Crippen molar-refractivity contribution in [3.8, 4) is 11.3 Å². The molecule has 0 radical (unpaired) electrons. The van der Waals surface area contributed by atoms with Crippen LogP contribution in [-0.4, -0.2) is 29.5 Å². The molecule has 0 spiro atoms. The first kappa shape index (κ1) is 16.8. The van der Waals surface area contributed by atoms with Crippen molar-refractivity contribution in [3.05, 3.63) is 93.3 Å². The summed E-state index contributed by atoms with van der Waals surface area (Å²) in [5, 5.41) is 6.86. The highest BCUT2D eigenvalue weighted by atomic mass is 16.2. The minimum absolute atomic E-state index is 0.275. The maximum Gasteiger partial charge on any atom is 0.325 e. The fraction of sp³-hybridized carbons (Fsp3) is 0.136. The Morgan fingerprint density at radius 2 is 1.97 bits per heavy atom. The Morgan fingerprint density at radius 1 is 1.07 bits per heavy atom. The zero-order chi connectivity index (χ0) is 20.2. The van der Waals surface area contributed by atoms with Crippen molar-refractivity contribution < 1.29 is 0 Å². The Kier molecular flexibility index (Phi) is 3.49. The summed E-state index contributed by atoms with van der Waals surface area (Å²) in [5.74, 6) is 0.637. The van der Waals surface area contributed by atoms with Crippen LogP contribution in [0.2, 0.25) is 0 Å². The molecule has 1 aliphatic rings. The van der Waals surface area contributed by atoms with Gasteiger partial charge in [-0.15, -0.1) is 0 Å². The molecule has 2 N–H and O–H groups in total. The lowest BCUT2D eigenvalue weighted by Gasteiger charge is -2.09. The van der Waals surface area contributed by atoms with E-state index in [9.17, 15) is 9.59 Å². The van der Waals surface area contributed by atoms with Crippen LogP contribution in [-0.2, 0) is 0 Å². The summed E-state index contributed by atoms with van der Waals surface area (Å²) in [6.07, 6.45) is 9.57. The molecule has 30 heavy (non-hydrogen) atoms. The van der Waals surface area contributed by atoms with Crippen LogP contribution in [0.3, 0.4) is 0 Å². The minimum Gasteiger partial charge on any atom is -0.313 e. The van der Waals surface area contributed by atoms with Gasteiger partial charge >= 0.3 is 5.69 Å². The number of nitrogens with one attached hydrogen (secondary N) is 2. The van der Waals surface area contributed by atoms with Crippen LogP contribution in [0.5, 0.6) is 0 Å². The Labute approximate surface area is 169 Å². The normalized spacial score (nSPS) is 18.1. The monoisotopic (exact) mass is 396 g/mol. The van der Waals surface area contributed by atoms with E-state index in [1.54, 1.807) is 16.9 Å². The molecule has 6 rings (SSSR count). The number of hydrogen-bond donors (Lipinski definition) is 2. The number of benzene rings is 1. The van der Waals surface area contributed by atoms with Gasteiger partial charge < -0.3 is 4.98 Å². The summed E-state index contributed by atoms with van der Waals surface area (Å²) in [7, 11) is 0. The molecule has 0 amide bonds. The molecule has 8 nitrogen and oxygen atoms in total. The van der Waals surface area contributed by atoms with Crippen molar-refractivity contribution in [1.82, 2.24) is 29.5 Å². The van der Waals surface area contributed by atoms with Crippen LogP contribution in [0, 0.1) is 0 Å². The SMILES string of the molecule is O=c1[nH]cc(-c2cc(C3C[C@@H]3c3cccc4cnccc34)c3nccn3n2)c(=O)[nH]1. The van der Waals surface area contributed by atoms with Crippen LogP contribution in [0.1, 0.15) is 29.4 Å². The Balaban J connectivity index is 1.48. The lowest BCUT2D eigenvalue weighted by atomic mass is 9.99. The highest BCUT2D eigenvalue weighted by molar-refractivity contribution is 5.86. The lowest BCUT2D eigenvalue weighted by Crippen LogP contribution is -2.23. The van der Waals surface area contributed by atoms with Gasteiger partial charge in [-0.1, -0.05) is 18.2 Å². The first-order valence-corrected chi connectivity index (χ1v) is 9.68. The Bertz CT molecular complexity index is 1540. The number of rotatable bonds is 3. The van der Waals surface area contributed by atoms with Crippen LogP contribution in [0.25, 0.3) is 27.7 Å². The zero-order valence-electron chi connectivity index (χ0n) is 15.7. The number of imidazole rings is 1. The van der Waals surface area contributed by atoms with Gasteiger partial charge in [0.25, 0.3) is 5.56 Å². The number of H-pyrrole nitrogens is 2. The molecule has 0 bridgehead atoms. The van der Waals surface area contributed by atoms with E-state index in [1.807, 2.05) is 18.5 Å². The third-order valence-corrected chi connectivity index (χ3v) is 5.79. The second kappa shape index (κ2) is 6.21. The van der Waals surface area contributed by atoms with E-state index in [0.29, 0.717) is 17.2 Å². The first-order chi connectivity index (χ1) is 14.7. The van der Waals surface area contributed by atoms with Crippen LogP contribution >= 0.6 is 0 Å². The van der Waals surface area contributed by atoms with E-state index in [1.165, 1.54) is 17.1 Å². The third-order valence-electron chi connectivity index (χ3n) is 5.79. The molecule has 146 valence electrons. The van der Waals surface area contributed by atoms with Crippen LogP contribution in [0.15, 0.2) is 70.9 Å². The molecule has 1 aliphatic carbocycles. The highest BCUT2D eigenvalue weighted by Gasteiger charge is 2.42. The molecule has 1 fully saturated rings. The average molecular weight is 396 g/mol. The van der Waals surface area contributed by atoms with Crippen LogP contribution < -0.4 is 11.2 Å². The summed E-state index contributed by atoms with van der Waals surface area (Å²) in [6.45, 7) is 0. The molecule has 1 saturated carbocycles. The Hall–Kier alpha value is -4.07. The Morgan fingerprint density at radius 3 is 2.87 bits per heavy atom. The molecule has 2 atom stereocenters. The molecule has 8 heteroatoms. The van der Waals surface area contributed by atoms with Gasteiger partial charge in [0, 0.05) is 41.9 Å². The van der Waals surface area contributed by atoms with E-state index in [2.05, 4.69) is 49.3 Å². The van der Waals surface area contributed by atoms with Crippen molar-refractivity contribution in [2.24, 2.45) is 0 Å². The standard InChI is InChI=1S/C22H16N6O2/c29-21-18(11-25-22(30)26-21)19-9-17(20-24-6-7-28(20)27-19)16-8-15(16)14-3-1-2-12-10-23-5-4-13(12)14/h1-7,9-11,15-16H,8H2,(H2,25,26,29,30)/t15-,16?/m1/s1. The van der Waals surface area contributed by atoms with E-state index < -0.39 is 11.2 Å². The van der Waals surface area contributed by atoms with Crippen molar-refractivity contribution in [2.75, 3.05) is 0 Å². The smallest absolute Gasteiger partial charge is 0.313 e. The van der Waals surface area contributed by atoms with Gasteiger partial charge in [-0.3, -0.25) is 14.8 Å². The van der Waals surface area contributed by atoms with Crippen molar-refractivity contribution in [2.45, 2.75) is 18.3 Å². The van der Waals surface area contributed by atoms with E-state index in [0.717, 1.165) is 23.0 Å². The maximum atomic E-state index is 12.3. The molecule has 1 unspecified atom stereocenters. The van der Waals surface area contributed by atoms with Crippen LogP contribution in [0.4, 0.5) is 0 Å². The van der Waals surface area contributed by atoms with Gasteiger partial charge in [0.2, 0.25) is 0 Å². The quantitative estimate of drug-likeness (QED) is 0.487. The second-order valence-electron chi connectivity index (χ2n) is 7.56. The van der Waals surface area contributed by atoms with E-state index in [-0.39, 0.29) is 5.92 Å². The summed E-state index contributed by atoms with van der Waals surface area (Å²) in [5.41, 5.74) is 2.94. The largest absolute Gasteiger partial charge is 0.325 e. The van der Waals surface area contributed by atoms with Gasteiger partial charge in [0.1, 0.15) is 0 Å². The number of nitrogens with zero attached hydrogens (tertiary/aromatic N) is 4. The lowest BCUT2D eigenvalue weighted by molar-refractivity contribution is 0.906. The zero-order valence-corrected chi connectivity index (χ0v) is 15.7. The molecule has 4 aromatic heterocycles. The van der Waals surface area contributed by atoms with Gasteiger partial charge in [-0.25, -0.2) is 14.3 Å². The number of fused-ring (bicyclic) bond motifs is 2. The third kappa shape index (κ3) is 2.57.